The summed E-state index contributed by atoms with van der Waals surface area (Å²) in [6.07, 6.45) is 1.13. The normalized spacial score (nSPS) is 15.6. The van der Waals surface area contributed by atoms with Crippen LogP contribution in [0, 0.1) is 0 Å². The number of benzene rings is 2. The van der Waals surface area contributed by atoms with E-state index >= 15 is 0 Å². The van der Waals surface area contributed by atoms with Gasteiger partial charge in [-0.3, -0.25) is 0 Å². The molecule has 2 aromatic carbocycles. The first-order valence-corrected chi connectivity index (χ1v) is 8.85. The van der Waals surface area contributed by atoms with Crippen molar-refractivity contribution in [2.45, 2.75) is 13.0 Å². The molecule has 2 heterocycles. The number of aromatic nitrogens is 2. The van der Waals surface area contributed by atoms with E-state index in [1.807, 2.05) is 24.3 Å². The van der Waals surface area contributed by atoms with E-state index < -0.39 is 0 Å². The Labute approximate surface area is 147 Å². The molecule has 0 bridgehead atoms. The van der Waals surface area contributed by atoms with Crippen molar-refractivity contribution in [3.8, 4) is 0 Å². The number of hydrogen-bond donors (Lipinski definition) is 1. The number of hydrogen-bond acceptors (Lipinski definition) is 3. The topological polar surface area (TPSA) is 33.1 Å². The van der Waals surface area contributed by atoms with Crippen LogP contribution >= 0.6 is 11.6 Å². The maximum absolute atomic E-state index is 6.40. The van der Waals surface area contributed by atoms with Gasteiger partial charge in [0.2, 0.25) is 5.95 Å². The highest BCUT2D eigenvalue weighted by Crippen LogP contribution is 2.26. The van der Waals surface area contributed by atoms with Gasteiger partial charge in [-0.15, -0.1) is 0 Å². The van der Waals surface area contributed by atoms with Crippen molar-refractivity contribution in [3.05, 3.63) is 59.1 Å². The molecule has 1 saturated heterocycles. The Kier molecular flexibility index (Phi) is 4.41. The van der Waals surface area contributed by atoms with Gasteiger partial charge in [0.1, 0.15) is 0 Å². The van der Waals surface area contributed by atoms with Crippen molar-refractivity contribution >= 4 is 28.6 Å². The van der Waals surface area contributed by atoms with Gasteiger partial charge in [-0.2, -0.15) is 0 Å². The second-order valence-corrected chi connectivity index (χ2v) is 6.58. The Bertz CT molecular complexity index is 834. The Morgan fingerprint density at radius 2 is 1.83 bits per heavy atom. The summed E-state index contributed by atoms with van der Waals surface area (Å²) in [4.78, 5) is 7.31. The van der Waals surface area contributed by atoms with Gasteiger partial charge in [-0.05, 0) is 36.7 Å². The Hall–Kier alpha value is -2.04. The third-order valence-corrected chi connectivity index (χ3v) is 4.91. The molecule has 3 aromatic rings. The number of rotatable bonds is 3. The van der Waals surface area contributed by atoms with Gasteiger partial charge < -0.3 is 14.8 Å². The second-order valence-electron chi connectivity index (χ2n) is 6.17. The van der Waals surface area contributed by atoms with Crippen molar-refractivity contribution < 1.29 is 0 Å². The van der Waals surface area contributed by atoms with Crippen LogP contribution in [0.25, 0.3) is 11.0 Å². The average molecular weight is 341 g/mol. The Balaban J connectivity index is 1.79. The maximum Gasteiger partial charge on any atom is 0.206 e. The molecule has 0 atom stereocenters. The summed E-state index contributed by atoms with van der Waals surface area (Å²) in [5.41, 5.74) is 3.32. The number of nitrogens with zero attached hydrogens (tertiary/aromatic N) is 3. The van der Waals surface area contributed by atoms with E-state index in [1.165, 1.54) is 0 Å². The van der Waals surface area contributed by atoms with Crippen LogP contribution in [0.1, 0.15) is 12.0 Å². The molecular weight excluding hydrogens is 320 g/mol. The molecule has 1 aliphatic heterocycles. The minimum Gasteiger partial charge on any atom is -0.341 e. The van der Waals surface area contributed by atoms with E-state index in [-0.39, 0.29) is 0 Å². The number of imidazole rings is 1. The molecule has 1 aromatic heterocycles. The smallest absolute Gasteiger partial charge is 0.206 e. The molecule has 4 rings (SSSR count). The van der Waals surface area contributed by atoms with Crippen LogP contribution in [0.4, 0.5) is 5.95 Å². The second kappa shape index (κ2) is 6.83. The quantitative estimate of drug-likeness (QED) is 0.791. The van der Waals surface area contributed by atoms with Gasteiger partial charge in [0.15, 0.2) is 0 Å². The Morgan fingerprint density at radius 1 is 1.00 bits per heavy atom. The molecule has 1 N–H and O–H groups in total. The van der Waals surface area contributed by atoms with Crippen LogP contribution in [-0.4, -0.2) is 35.7 Å². The van der Waals surface area contributed by atoms with E-state index in [9.17, 15) is 0 Å². The van der Waals surface area contributed by atoms with Crippen LogP contribution < -0.4 is 10.2 Å². The van der Waals surface area contributed by atoms with Gasteiger partial charge in [0.25, 0.3) is 0 Å². The van der Waals surface area contributed by atoms with Gasteiger partial charge in [0.05, 0.1) is 17.6 Å². The number of fused-ring (bicyclic) bond motifs is 1. The minimum absolute atomic E-state index is 0.736. The average Bonchev–Trinajstić information content (AvgIpc) is 2.78. The summed E-state index contributed by atoms with van der Waals surface area (Å²) in [5.74, 6) is 1.04. The van der Waals surface area contributed by atoms with Crippen molar-refractivity contribution in [2.24, 2.45) is 0 Å². The predicted molar refractivity (Wildman–Crippen MR) is 100.0 cm³/mol. The zero-order valence-corrected chi connectivity index (χ0v) is 14.3. The van der Waals surface area contributed by atoms with E-state index in [2.05, 4.69) is 39.0 Å². The lowest BCUT2D eigenvalue weighted by Gasteiger charge is -2.22. The van der Waals surface area contributed by atoms with Crippen LogP contribution in [0.15, 0.2) is 48.5 Å². The highest BCUT2D eigenvalue weighted by molar-refractivity contribution is 6.31. The molecule has 0 saturated carbocycles. The molecular formula is C19H21ClN4. The maximum atomic E-state index is 6.40. The van der Waals surface area contributed by atoms with Crippen molar-refractivity contribution in [2.75, 3.05) is 31.1 Å². The zero-order chi connectivity index (χ0) is 16.4. The Morgan fingerprint density at radius 3 is 2.75 bits per heavy atom. The summed E-state index contributed by atoms with van der Waals surface area (Å²) in [6, 6.07) is 16.4. The lowest BCUT2D eigenvalue weighted by molar-refractivity contribution is 0.722. The SMILES string of the molecule is Clc1ccccc1Cn1c(N2CCCNCC2)nc2ccccc21. The molecule has 24 heavy (non-hydrogen) atoms. The molecule has 0 aliphatic carbocycles. The van der Waals surface area contributed by atoms with Crippen molar-refractivity contribution in [3.63, 3.8) is 0 Å². The molecule has 0 spiro atoms. The molecule has 0 radical (unpaired) electrons. The summed E-state index contributed by atoms with van der Waals surface area (Å²) in [6.45, 7) is 4.81. The first-order valence-electron chi connectivity index (χ1n) is 8.47. The van der Waals surface area contributed by atoms with Gasteiger partial charge >= 0.3 is 0 Å². The van der Waals surface area contributed by atoms with Crippen LogP contribution in [0.5, 0.6) is 0 Å². The van der Waals surface area contributed by atoms with Crippen LogP contribution in [0.2, 0.25) is 5.02 Å². The molecule has 0 amide bonds. The summed E-state index contributed by atoms with van der Waals surface area (Å²) >= 11 is 6.40. The van der Waals surface area contributed by atoms with E-state index in [0.717, 1.165) is 66.7 Å². The lowest BCUT2D eigenvalue weighted by Crippen LogP contribution is -2.30. The number of halogens is 1. The molecule has 4 nitrogen and oxygen atoms in total. The first-order chi connectivity index (χ1) is 11.8. The van der Waals surface area contributed by atoms with E-state index in [1.54, 1.807) is 0 Å². The fraction of sp³-hybridized carbons (Fsp3) is 0.316. The predicted octanol–water partition coefficient (Wildman–Crippen LogP) is 3.54. The van der Waals surface area contributed by atoms with E-state index in [4.69, 9.17) is 16.6 Å². The van der Waals surface area contributed by atoms with Gasteiger partial charge in [0, 0.05) is 24.7 Å². The third kappa shape index (κ3) is 2.99. The van der Waals surface area contributed by atoms with Gasteiger partial charge in [-0.25, -0.2) is 4.98 Å². The van der Waals surface area contributed by atoms with Gasteiger partial charge in [-0.1, -0.05) is 41.9 Å². The van der Waals surface area contributed by atoms with Crippen molar-refractivity contribution in [1.29, 1.82) is 0 Å². The minimum atomic E-state index is 0.736. The monoisotopic (exact) mass is 340 g/mol. The summed E-state index contributed by atoms with van der Waals surface area (Å²) in [7, 11) is 0. The van der Waals surface area contributed by atoms with E-state index in [0.29, 0.717) is 0 Å². The molecule has 1 fully saturated rings. The summed E-state index contributed by atoms with van der Waals surface area (Å²) in [5, 5.41) is 4.26. The highest BCUT2D eigenvalue weighted by Gasteiger charge is 2.18. The van der Waals surface area contributed by atoms with Crippen LogP contribution in [-0.2, 0) is 6.54 Å². The largest absolute Gasteiger partial charge is 0.341 e. The summed E-state index contributed by atoms with van der Waals surface area (Å²) < 4.78 is 2.29. The molecule has 124 valence electrons. The zero-order valence-electron chi connectivity index (χ0n) is 13.6. The first kappa shape index (κ1) is 15.5. The fourth-order valence-corrected chi connectivity index (χ4v) is 3.50. The number of para-hydroxylation sites is 2. The van der Waals surface area contributed by atoms with Crippen molar-refractivity contribution in [1.82, 2.24) is 14.9 Å². The third-order valence-electron chi connectivity index (χ3n) is 4.54. The number of anilines is 1. The molecule has 5 heteroatoms. The van der Waals surface area contributed by atoms with Crippen LogP contribution in [0.3, 0.4) is 0 Å². The number of nitrogens with one attached hydrogen (secondary N) is 1. The lowest BCUT2D eigenvalue weighted by atomic mass is 10.2. The molecule has 1 aliphatic rings. The highest BCUT2D eigenvalue weighted by atomic mass is 35.5. The standard InChI is InChI=1S/C19H21ClN4/c20-16-7-2-1-6-15(16)14-24-18-9-4-3-8-17(18)22-19(24)23-12-5-10-21-11-13-23/h1-4,6-9,21H,5,10-14H2. The molecule has 0 unspecified atom stereocenters. The fourth-order valence-electron chi connectivity index (χ4n) is 3.30.